The van der Waals surface area contributed by atoms with Gasteiger partial charge in [-0.25, -0.2) is 4.39 Å². The van der Waals surface area contributed by atoms with Crippen molar-refractivity contribution in [2.45, 2.75) is 19.9 Å². The summed E-state index contributed by atoms with van der Waals surface area (Å²) < 4.78 is 20.4. The van der Waals surface area contributed by atoms with Gasteiger partial charge < -0.3 is 9.42 Å². The van der Waals surface area contributed by atoms with E-state index in [0.29, 0.717) is 35.3 Å². The number of benzene rings is 1. The summed E-state index contributed by atoms with van der Waals surface area (Å²) in [5.74, 6) is 2.35. The molecule has 0 N–H and O–H groups in total. The molecule has 0 amide bonds. The van der Waals surface area contributed by atoms with Gasteiger partial charge in [0, 0.05) is 38.7 Å². The lowest BCUT2D eigenvalue weighted by Gasteiger charge is -2.22. The van der Waals surface area contributed by atoms with Crippen LogP contribution >= 0.6 is 0 Å². The van der Waals surface area contributed by atoms with Crippen LogP contribution in [-0.2, 0) is 6.54 Å². The molecule has 30 heavy (non-hydrogen) atoms. The summed E-state index contributed by atoms with van der Waals surface area (Å²) in [7, 11) is 0. The first-order chi connectivity index (χ1) is 14.7. The van der Waals surface area contributed by atoms with E-state index in [4.69, 9.17) is 9.62 Å². The molecule has 0 bridgehead atoms. The average molecular weight is 408 g/mol. The molecule has 0 aliphatic carbocycles. The van der Waals surface area contributed by atoms with Crippen LogP contribution < -0.4 is 4.90 Å². The van der Waals surface area contributed by atoms with Gasteiger partial charge in [0.15, 0.2) is 17.3 Å². The van der Waals surface area contributed by atoms with Gasteiger partial charge in [-0.1, -0.05) is 17.3 Å². The van der Waals surface area contributed by atoms with Crippen molar-refractivity contribution < 1.29 is 8.91 Å². The van der Waals surface area contributed by atoms with Crippen molar-refractivity contribution in [3.63, 3.8) is 0 Å². The predicted molar refractivity (Wildman–Crippen MR) is 107 cm³/mol. The van der Waals surface area contributed by atoms with Crippen LogP contribution in [-0.4, -0.2) is 61.0 Å². The van der Waals surface area contributed by atoms with Crippen molar-refractivity contribution in [3.8, 4) is 11.4 Å². The molecular formula is C20H21FN8O. The van der Waals surface area contributed by atoms with E-state index in [1.54, 1.807) is 23.6 Å². The highest BCUT2D eigenvalue weighted by Gasteiger charge is 2.19. The smallest absolute Gasteiger partial charge is 0.223 e. The molecule has 154 valence electrons. The topological polar surface area (TPSA) is 88.5 Å². The van der Waals surface area contributed by atoms with Crippen molar-refractivity contribution in [1.82, 2.24) is 34.9 Å². The first-order valence-corrected chi connectivity index (χ1v) is 9.90. The van der Waals surface area contributed by atoms with Crippen LogP contribution in [0, 0.1) is 12.7 Å². The van der Waals surface area contributed by atoms with E-state index in [2.05, 4.69) is 30.1 Å². The molecule has 5 rings (SSSR count). The second kappa shape index (κ2) is 7.79. The molecule has 0 unspecified atom stereocenters. The summed E-state index contributed by atoms with van der Waals surface area (Å²) in [6, 6.07) is 10.2. The highest BCUT2D eigenvalue weighted by atomic mass is 19.1. The third kappa shape index (κ3) is 3.73. The first kappa shape index (κ1) is 18.6. The fraction of sp³-hybridized carbons (Fsp3) is 0.350. The lowest BCUT2D eigenvalue weighted by atomic mass is 10.2. The van der Waals surface area contributed by atoms with Crippen molar-refractivity contribution in [3.05, 3.63) is 53.9 Å². The normalized spacial score (nSPS) is 15.6. The highest BCUT2D eigenvalue weighted by Crippen LogP contribution is 2.21. The third-order valence-corrected chi connectivity index (χ3v) is 5.18. The summed E-state index contributed by atoms with van der Waals surface area (Å²) in [4.78, 5) is 8.86. The summed E-state index contributed by atoms with van der Waals surface area (Å²) >= 11 is 0. The highest BCUT2D eigenvalue weighted by molar-refractivity contribution is 5.59. The van der Waals surface area contributed by atoms with Gasteiger partial charge in [-0.3, -0.25) is 4.90 Å². The fourth-order valence-electron chi connectivity index (χ4n) is 3.72. The number of nitrogens with zero attached hydrogens (tertiary/aromatic N) is 8. The number of hydrogen-bond donors (Lipinski definition) is 0. The van der Waals surface area contributed by atoms with Gasteiger partial charge >= 0.3 is 0 Å². The van der Waals surface area contributed by atoms with E-state index < -0.39 is 0 Å². The van der Waals surface area contributed by atoms with Crippen LogP contribution in [0.5, 0.6) is 0 Å². The van der Waals surface area contributed by atoms with E-state index in [1.165, 1.54) is 12.1 Å². The molecule has 0 radical (unpaired) electrons. The van der Waals surface area contributed by atoms with Crippen molar-refractivity contribution in [2.75, 3.05) is 31.1 Å². The Morgan fingerprint density at radius 3 is 2.83 bits per heavy atom. The van der Waals surface area contributed by atoms with Crippen LogP contribution in [0.2, 0.25) is 0 Å². The minimum Gasteiger partial charge on any atom is -0.354 e. The van der Waals surface area contributed by atoms with Crippen LogP contribution in [0.25, 0.3) is 17.0 Å². The quantitative estimate of drug-likeness (QED) is 0.508. The minimum absolute atomic E-state index is 0.315. The number of rotatable bonds is 4. The van der Waals surface area contributed by atoms with Gasteiger partial charge in [0.05, 0.1) is 6.54 Å². The maximum Gasteiger partial charge on any atom is 0.223 e. The molecule has 1 fully saturated rings. The van der Waals surface area contributed by atoms with Crippen molar-refractivity contribution in [1.29, 1.82) is 0 Å². The first-order valence-electron chi connectivity index (χ1n) is 9.90. The molecule has 4 heterocycles. The standard InChI is InChI=1S/C20H21FN8O/c1-14-22-17(26-30-14)13-27-8-3-9-28(11-10-27)19-7-6-18-23-24-20(29(18)25-19)15-4-2-5-16(21)12-15/h2,4-7,12H,3,8-11,13H2,1H3. The molecule has 1 aliphatic rings. The summed E-state index contributed by atoms with van der Waals surface area (Å²) in [5.41, 5.74) is 1.27. The number of aryl methyl sites for hydroxylation is 1. The maximum atomic E-state index is 13.7. The Morgan fingerprint density at radius 1 is 1.07 bits per heavy atom. The van der Waals surface area contributed by atoms with Crippen LogP contribution in [0.1, 0.15) is 18.1 Å². The van der Waals surface area contributed by atoms with E-state index in [-0.39, 0.29) is 5.82 Å². The third-order valence-electron chi connectivity index (χ3n) is 5.18. The molecule has 0 atom stereocenters. The van der Waals surface area contributed by atoms with Crippen LogP contribution in [0.4, 0.5) is 10.2 Å². The molecule has 0 spiro atoms. The Balaban J connectivity index is 1.36. The summed E-state index contributed by atoms with van der Waals surface area (Å²) in [6.07, 6.45) is 0.996. The average Bonchev–Trinajstić information content (AvgIpc) is 3.27. The monoisotopic (exact) mass is 408 g/mol. The van der Waals surface area contributed by atoms with Gasteiger partial charge in [0.25, 0.3) is 0 Å². The molecule has 9 nitrogen and oxygen atoms in total. The SMILES string of the molecule is Cc1nc(CN2CCCN(c3ccc4nnc(-c5cccc(F)c5)n4n3)CC2)no1. The number of anilines is 1. The molecule has 1 aromatic carbocycles. The van der Waals surface area contributed by atoms with E-state index in [0.717, 1.165) is 38.4 Å². The second-order valence-electron chi connectivity index (χ2n) is 7.34. The zero-order chi connectivity index (χ0) is 20.5. The molecule has 3 aromatic heterocycles. The second-order valence-corrected chi connectivity index (χ2v) is 7.34. The number of halogens is 1. The Bertz CT molecular complexity index is 1170. The zero-order valence-corrected chi connectivity index (χ0v) is 16.6. The molecule has 1 aliphatic heterocycles. The van der Waals surface area contributed by atoms with E-state index >= 15 is 0 Å². The number of aromatic nitrogens is 6. The fourth-order valence-corrected chi connectivity index (χ4v) is 3.72. The minimum atomic E-state index is -0.315. The lowest BCUT2D eigenvalue weighted by Crippen LogP contribution is -2.31. The van der Waals surface area contributed by atoms with Crippen molar-refractivity contribution >= 4 is 11.5 Å². The number of fused-ring (bicyclic) bond motifs is 1. The molecule has 1 saturated heterocycles. The van der Waals surface area contributed by atoms with Gasteiger partial charge in [-0.05, 0) is 30.7 Å². The van der Waals surface area contributed by atoms with E-state index in [9.17, 15) is 4.39 Å². The van der Waals surface area contributed by atoms with E-state index in [1.807, 2.05) is 12.1 Å². The van der Waals surface area contributed by atoms with Crippen LogP contribution in [0.3, 0.4) is 0 Å². The van der Waals surface area contributed by atoms with Gasteiger partial charge in [-0.15, -0.1) is 15.3 Å². The summed E-state index contributed by atoms with van der Waals surface area (Å²) in [6.45, 7) is 6.00. The Hall–Kier alpha value is -3.40. The Kier molecular flexibility index (Phi) is 4.83. The van der Waals surface area contributed by atoms with Crippen molar-refractivity contribution in [2.24, 2.45) is 0 Å². The Morgan fingerprint density at radius 2 is 2.00 bits per heavy atom. The molecule has 10 heteroatoms. The summed E-state index contributed by atoms with van der Waals surface area (Å²) in [5, 5.41) is 17.1. The largest absolute Gasteiger partial charge is 0.354 e. The van der Waals surface area contributed by atoms with Gasteiger partial charge in [0.1, 0.15) is 11.6 Å². The molecule has 0 saturated carbocycles. The lowest BCUT2D eigenvalue weighted by molar-refractivity contribution is 0.272. The zero-order valence-electron chi connectivity index (χ0n) is 16.6. The molecular weight excluding hydrogens is 387 g/mol. The number of hydrogen-bond acceptors (Lipinski definition) is 8. The molecule has 4 aromatic rings. The van der Waals surface area contributed by atoms with Gasteiger partial charge in [0.2, 0.25) is 5.89 Å². The van der Waals surface area contributed by atoms with Crippen LogP contribution in [0.15, 0.2) is 40.9 Å². The maximum absolute atomic E-state index is 13.7. The van der Waals surface area contributed by atoms with Gasteiger partial charge in [-0.2, -0.15) is 9.50 Å². The Labute approximate surface area is 172 Å². The predicted octanol–water partition coefficient (Wildman–Crippen LogP) is 2.33.